The third kappa shape index (κ3) is 4.43. The van der Waals surface area contributed by atoms with E-state index >= 15 is 0 Å². The zero-order chi connectivity index (χ0) is 17.8. The fourth-order valence-electron chi connectivity index (χ4n) is 2.65. The molecule has 0 unspecified atom stereocenters. The molecular weight excluding hydrogens is 342 g/mol. The number of amides is 1. The second-order valence-corrected chi connectivity index (χ2v) is 6.75. The molecule has 1 aliphatic rings. The van der Waals surface area contributed by atoms with Crippen molar-refractivity contribution < 1.29 is 9.53 Å². The van der Waals surface area contributed by atoms with Gasteiger partial charge in [-0.15, -0.1) is 11.3 Å². The van der Waals surface area contributed by atoms with Crippen LogP contribution in [0, 0.1) is 13.8 Å². The van der Waals surface area contributed by atoms with E-state index in [2.05, 4.69) is 20.3 Å². The molecule has 2 aromatic rings. The first kappa shape index (κ1) is 17.6. The summed E-state index contributed by atoms with van der Waals surface area (Å²) in [6, 6.07) is 0. The highest BCUT2D eigenvalue weighted by Crippen LogP contribution is 2.15. The van der Waals surface area contributed by atoms with Gasteiger partial charge in [0, 0.05) is 36.1 Å². The average Bonchev–Trinajstić information content (AvgIpc) is 2.99. The minimum Gasteiger partial charge on any atom is -0.378 e. The zero-order valence-corrected chi connectivity index (χ0v) is 15.1. The largest absolute Gasteiger partial charge is 0.378 e. The third-order valence-electron chi connectivity index (χ3n) is 3.99. The summed E-state index contributed by atoms with van der Waals surface area (Å²) in [7, 11) is 0. The maximum Gasteiger partial charge on any atom is 0.255 e. The SMILES string of the molecule is Cc1csc(NC(=O)CCc2c(C)nc(N3CCOCC3)[nH]c2=O)n1. The number of carbonyl (C=O) groups excluding carboxylic acids is 1. The van der Waals surface area contributed by atoms with E-state index in [9.17, 15) is 9.59 Å². The summed E-state index contributed by atoms with van der Waals surface area (Å²) in [4.78, 5) is 37.9. The molecule has 0 aromatic carbocycles. The Morgan fingerprint density at radius 2 is 2.12 bits per heavy atom. The van der Waals surface area contributed by atoms with Gasteiger partial charge in [0.25, 0.3) is 5.56 Å². The Morgan fingerprint density at radius 3 is 2.76 bits per heavy atom. The molecule has 3 heterocycles. The molecule has 0 bridgehead atoms. The summed E-state index contributed by atoms with van der Waals surface area (Å²) in [5, 5.41) is 5.20. The van der Waals surface area contributed by atoms with Crippen LogP contribution in [0.25, 0.3) is 0 Å². The number of rotatable bonds is 5. The Labute approximate surface area is 149 Å². The van der Waals surface area contributed by atoms with Gasteiger partial charge in [0.1, 0.15) is 0 Å². The molecule has 9 heteroatoms. The predicted octanol–water partition coefficient (Wildman–Crippen LogP) is 1.25. The lowest BCUT2D eigenvalue weighted by atomic mass is 10.1. The molecule has 1 aliphatic heterocycles. The van der Waals surface area contributed by atoms with E-state index in [1.54, 1.807) is 6.92 Å². The number of morpholine rings is 1. The highest BCUT2D eigenvalue weighted by atomic mass is 32.1. The van der Waals surface area contributed by atoms with Crippen LogP contribution in [0.4, 0.5) is 11.1 Å². The lowest BCUT2D eigenvalue weighted by Gasteiger charge is -2.27. The van der Waals surface area contributed by atoms with E-state index < -0.39 is 0 Å². The fraction of sp³-hybridized carbons (Fsp3) is 0.500. The van der Waals surface area contributed by atoms with Gasteiger partial charge in [0.05, 0.1) is 18.9 Å². The van der Waals surface area contributed by atoms with Crippen molar-refractivity contribution in [3.8, 4) is 0 Å². The molecule has 1 fully saturated rings. The number of aryl methyl sites for hydroxylation is 2. The van der Waals surface area contributed by atoms with Crippen LogP contribution in [0.5, 0.6) is 0 Å². The van der Waals surface area contributed by atoms with Gasteiger partial charge in [-0.05, 0) is 20.3 Å². The molecule has 134 valence electrons. The van der Waals surface area contributed by atoms with E-state index in [4.69, 9.17) is 4.74 Å². The van der Waals surface area contributed by atoms with Gasteiger partial charge in [0.15, 0.2) is 5.13 Å². The van der Waals surface area contributed by atoms with Gasteiger partial charge >= 0.3 is 0 Å². The van der Waals surface area contributed by atoms with E-state index in [-0.39, 0.29) is 17.9 Å². The summed E-state index contributed by atoms with van der Waals surface area (Å²) in [5.41, 5.74) is 1.88. The smallest absolute Gasteiger partial charge is 0.255 e. The summed E-state index contributed by atoms with van der Waals surface area (Å²) in [5.74, 6) is 0.405. The minimum absolute atomic E-state index is 0.162. The number of aromatic nitrogens is 3. The molecule has 3 rings (SSSR count). The van der Waals surface area contributed by atoms with Crippen molar-refractivity contribution in [2.24, 2.45) is 0 Å². The second-order valence-electron chi connectivity index (χ2n) is 5.90. The molecule has 0 spiro atoms. The molecule has 2 aromatic heterocycles. The normalized spacial score (nSPS) is 14.6. The van der Waals surface area contributed by atoms with Crippen LogP contribution in [0.1, 0.15) is 23.4 Å². The predicted molar refractivity (Wildman–Crippen MR) is 96.4 cm³/mol. The van der Waals surface area contributed by atoms with Crippen LogP contribution >= 0.6 is 11.3 Å². The molecule has 8 nitrogen and oxygen atoms in total. The van der Waals surface area contributed by atoms with E-state index in [1.807, 2.05) is 17.2 Å². The third-order valence-corrected chi connectivity index (χ3v) is 4.86. The van der Waals surface area contributed by atoms with Crippen LogP contribution in [-0.4, -0.2) is 47.2 Å². The van der Waals surface area contributed by atoms with Crippen molar-refractivity contribution in [3.05, 3.63) is 32.7 Å². The van der Waals surface area contributed by atoms with E-state index in [1.165, 1.54) is 11.3 Å². The first-order chi connectivity index (χ1) is 12.0. The summed E-state index contributed by atoms with van der Waals surface area (Å²) < 4.78 is 5.31. The van der Waals surface area contributed by atoms with Crippen LogP contribution in [-0.2, 0) is 16.0 Å². The number of H-pyrrole nitrogens is 1. The molecular formula is C16H21N5O3S. The topological polar surface area (TPSA) is 100 Å². The van der Waals surface area contributed by atoms with E-state index in [0.29, 0.717) is 55.1 Å². The van der Waals surface area contributed by atoms with Gasteiger partial charge in [-0.3, -0.25) is 14.6 Å². The first-order valence-corrected chi connectivity index (χ1v) is 9.05. The lowest BCUT2D eigenvalue weighted by Crippen LogP contribution is -2.38. The van der Waals surface area contributed by atoms with Crippen molar-refractivity contribution in [1.29, 1.82) is 0 Å². The lowest BCUT2D eigenvalue weighted by molar-refractivity contribution is -0.116. The monoisotopic (exact) mass is 363 g/mol. The number of nitrogens with one attached hydrogen (secondary N) is 2. The maximum atomic E-state index is 12.4. The van der Waals surface area contributed by atoms with Crippen molar-refractivity contribution in [3.63, 3.8) is 0 Å². The number of nitrogens with zero attached hydrogens (tertiary/aromatic N) is 3. The zero-order valence-electron chi connectivity index (χ0n) is 14.3. The Bertz CT molecular complexity index is 810. The quantitative estimate of drug-likeness (QED) is 0.829. The maximum absolute atomic E-state index is 12.4. The number of carbonyl (C=O) groups is 1. The highest BCUT2D eigenvalue weighted by molar-refractivity contribution is 7.13. The second kappa shape index (κ2) is 7.75. The van der Waals surface area contributed by atoms with Crippen molar-refractivity contribution in [1.82, 2.24) is 15.0 Å². The first-order valence-electron chi connectivity index (χ1n) is 8.17. The molecule has 1 amide bonds. The minimum atomic E-state index is -0.188. The van der Waals surface area contributed by atoms with Gasteiger partial charge in [-0.25, -0.2) is 9.97 Å². The molecule has 25 heavy (non-hydrogen) atoms. The van der Waals surface area contributed by atoms with Crippen LogP contribution in [0.2, 0.25) is 0 Å². The van der Waals surface area contributed by atoms with Crippen molar-refractivity contribution in [2.75, 3.05) is 36.5 Å². The Balaban J connectivity index is 1.64. The molecule has 0 radical (unpaired) electrons. The number of hydrogen-bond acceptors (Lipinski definition) is 7. The number of aromatic amines is 1. The van der Waals surface area contributed by atoms with E-state index in [0.717, 1.165) is 5.69 Å². The van der Waals surface area contributed by atoms with Crippen LogP contribution < -0.4 is 15.8 Å². The van der Waals surface area contributed by atoms with Crippen molar-refractivity contribution >= 4 is 28.3 Å². The summed E-state index contributed by atoms with van der Waals surface area (Å²) in [6.45, 7) is 6.34. The number of anilines is 2. The standard InChI is InChI=1S/C16H21N5O3S/c1-10-9-25-16(17-10)19-13(22)4-3-12-11(2)18-15(20-14(12)23)21-5-7-24-8-6-21/h9H,3-8H2,1-2H3,(H,17,19,22)(H,18,20,23). The van der Waals surface area contributed by atoms with Gasteiger partial charge in [-0.2, -0.15) is 0 Å². The summed E-state index contributed by atoms with van der Waals surface area (Å²) >= 11 is 1.38. The van der Waals surface area contributed by atoms with Crippen LogP contribution in [0.15, 0.2) is 10.2 Å². The average molecular weight is 363 g/mol. The Morgan fingerprint density at radius 1 is 1.36 bits per heavy atom. The van der Waals surface area contributed by atoms with Crippen molar-refractivity contribution in [2.45, 2.75) is 26.7 Å². The van der Waals surface area contributed by atoms with Gasteiger partial charge < -0.3 is 15.0 Å². The highest BCUT2D eigenvalue weighted by Gasteiger charge is 2.17. The molecule has 0 aliphatic carbocycles. The Hall–Kier alpha value is -2.26. The molecule has 0 saturated carbocycles. The Kier molecular flexibility index (Phi) is 5.44. The number of ether oxygens (including phenoxy) is 1. The number of thiazole rings is 1. The fourth-order valence-corrected chi connectivity index (χ4v) is 3.35. The van der Waals surface area contributed by atoms with Gasteiger partial charge in [-0.1, -0.05) is 0 Å². The molecule has 2 N–H and O–H groups in total. The summed E-state index contributed by atoms with van der Waals surface area (Å²) in [6.07, 6.45) is 0.550. The number of hydrogen-bond donors (Lipinski definition) is 2. The molecule has 1 saturated heterocycles. The van der Waals surface area contributed by atoms with Crippen LogP contribution in [0.3, 0.4) is 0 Å². The van der Waals surface area contributed by atoms with Gasteiger partial charge in [0.2, 0.25) is 11.9 Å². The molecule has 0 atom stereocenters.